The van der Waals surface area contributed by atoms with Crippen LogP contribution in [0, 0.1) is 13.8 Å². The van der Waals surface area contributed by atoms with Gasteiger partial charge < -0.3 is 9.47 Å². The summed E-state index contributed by atoms with van der Waals surface area (Å²) in [6.07, 6.45) is 0. The molecule has 1 heterocycles. The first-order valence-corrected chi connectivity index (χ1v) is 17.9. The molecule has 1 aliphatic rings. The summed E-state index contributed by atoms with van der Waals surface area (Å²) in [6, 6.07) is 58.6. The van der Waals surface area contributed by atoms with Crippen molar-refractivity contribution < 1.29 is 0 Å². The smallest absolute Gasteiger partial charge is 0.0543 e. The molecule has 0 fully saturated rings. The zero-order valence-corrected chi connectivity index (χ0v) is 29.4. The molecule has 0 N–H and O–H groups in total. The minimum atomic E-state index is -0.230. The number of para-hydroxylation sites is 1. The van der Waals surface area contributed by atoms with Crippen LogP contribution >= 0.6 is 0 Å². The van der Waals surface area contributed by atoms with E-state index >= 15 is 0 Å². The fourth-order valence-electron chi connectivity index (χ4n) is 8.79. The van der Waals surface area contributed by atoms with Crippen molar-refractivity contribution in [3.63, 3.8) is 0 Å². The minimum absolute atomic E-state index is 0.230. The second-order valence-electron chi connectivity index (χ2n) is 14.8. The Morgan fingerprint density at radius 3 is 1.82 bits per heavy atom. The van der Waals surface area contributed by atoms with E-state index in [1.807, 2.05) is 0 Å². The molecule has 0 spiro atoms. The lowest BCUT2D eigenvalue weighted by molar-refractivity contribution is 0.660. The molecular weight excluding hydrogens is 617 g/mol. The van der Waals surface area contributed by atoms with Gasteiger partial charge in [-0.15, -0.1) is 0 Å². The van der Waals surface area contributed by atoms with Gasteiger partial charge in [0.1, 0.15) is 0 Å². The standard InChI is InChI=1S/C49H38N2/c1-31-21-25-45-40(27-31)41-28-32(2)22-26-46(41)51(45)35-23-24-39-42(29-35)49(3,4)43-30-47(37-18-10-11-19-38(37)48(39)43)50(34-15-6-5-7-16-34)44-20-12-14-33-13-8-9-17-36(33)44/h5-30H,1-4H3. The number of nitrogens with zero attached hydrogens (tertiary/aromatic N) is 2. The van der Waals surface area contributed by atoms with Crippen LogP contribution in [0.1, 0.15) is 36.1 Å². The molecule has 1 aromatic heterocycles. The summed E-state index contributed by atoms with van der Waals surface area (Å²) >= 11 is 0. The molecule has 0 unspecified atom stereocenters. The number of aromatic nitrogens is 1. The van der Waals surface area contributed by atoms with Crippen molar-refractivity contribution in [2.45, 2.75) is 33.1 Å². The second kappa shape index (κ2) is 10.9. The Balaban J connectivity index is 1.23. The number of hydrogen-bond donors (Lipinski definition) is 0. The molecule has 0 saturated carbocycles. The van der Waals surface area contributed by atoms with Gasteiger partial charge in [0.25, 0.3) is 0 Å². The number of anilines is 3. The molecule has 8 aromatic carbocycles. The molecule has 0 radical (unpaired) electrons. The summed E-state index contributed by atoms with van der Waals surface area (Å²) in [5.41, 5.74) is 14.9. The van der Waals surface area contributed by atoms with Crippen LogP contribution in [0.5, 0.6) is 0 Å². The fourth-order valence-corrected chi connectivity index (χ4v) is 8.79. The summed E-state index contributed by atoms with van der Waals surface area (Å²) in [6.45, 7) is 9.18. The van der Waals surface area contributed by atoms with Crippen LogP contribution in [-0.4, -0.2) is 4.57 Å². The third-order valence-electron chi connectivity index (χ3n) is 11.2. The Labute approximate surface area is 298 Å². The largest absolute Gasteiger partial charge is 0.309 e. The Bertz CT molecular complexity index is 2790. The highest BCUT2D eigenvalue weighted by molar-refractivity contribution is 6.12. The molecule has 0 saturated heterocycles. The van der Waals surface area contributed by atoms with Gasteiger partial charge in [-0.25, -0.2) is 0 Å². The maximum absolute atomic E-state index is 2.48. The summed E-state index contributed by atoms with van der Waals surface area (Å²) in [5, 5.41) is 7.61. The van der Waals surface area contributed by atoms with E-state index in [1.165, 1.54) is 93.8 Å². The van der Waals surface area contributed by atoms with Crippen LogP contribution in [0.2, 0.25) is 0 Å². The summed E-state index contributed by atoms with van der Waals surface area (Å²) in [7, 11) is 0. The molecule has 1 aliphatic carbocycles. The quantitative estimate of drug-likeness (QED) is 0.183. The molecule has 0 bridgehead atoms. The van der Waals surface area contributed by atoms with Gasteiger partial charge in [0.15, 0.2) is 0 Å². The zero-order chi connectivity index (χ0) is 34.4. The Morgan fingerprint density at radius 1 is 0.471 bits per heavy atom. The number of benzene rings is 8. The first-order valence-electron chi connectivity index (χ1n) is 17.9. The second-order valence-corrected chi connectivity index (χ2v) is 14.8. The van der Waals surface area contributed by atoms with Gasteiger partial charge in [-0.3, -0.25) is 0 Å². The summed E-state index contributed by atoms with van der Waals surface area (Å²) < 4.78 is 2.46. The average molecular weight is 655 g/mol. The van der Waals surface area contributed by atoms with Crippen molar-refractivity contribution in [3.05, 3.63) is 180 Å². The summed E-state index contributed by atoms with van der Waals surface area (Å²) in [5.74, 6) is 0. The van der Waals surface area contributed by atoms with Crippen LogP contribution in [0.3, 0.4) is 0 Å². The lowest BCUT2D eigenvalue weighted by atomic mass is 9.81. The molecule has 2 heteroatoms. The minimum Gasteiger partial charge on any atom is -0.309 e. The number of fused-ring (bicyclic) bond motifs is 9. The zero-order valence-electron chi connectivity index (χ0n) is 29.4. The Morgan fingerprint density at radius 2 is 1.10 bits per heavy atom. The normalized spacial score (nSPS) is 13.3. The van der Waals surface area contributed by atoms with Crippen molar-refractivity contribution in [2.75, 3.05) is 4.90 Å². The van der Waals surface area contributed by atoms with E-state index in [1.54, 1.807) is 0 Å². The molecule has 0 atom stereocenters. The maximum Gasteiger partial charge on any atom is 0.0543 e. The predicted molar refractivity (Wildman–Crippen MR) is 218 cm³/mol. The van der Waals surface area contributed by atoms with Crippen LogP contribution in [0.15, 0.2) is 158 Å². The van der Waals surface area contributed by atoms with E-state index < -0.39 is 0 Å². The fraction of sp³-hybridized carbons (Fsp3) is 0.102. The van der Waals surface area contributed by atoms with Crippen LogP contribution < -0.4 is 4.90 Å². The van der Waals surface area contributed by atoms with E-state index in [9.17, 15) is 0 Å². The first-order chi connectivity index (χ1) is 24.9. The van der Waals surface area contributed by atoms with E-state index in [0.717, 1.165) is 5.69 Å². The molecule has 9 aromatic rings. The van der Waals surface area contributed by atoms with Gasteiger partial charge in [0, 0.05) is 38.3 Å². The number of rotatable bonds is 4. The molecule has 244 valence electrons. The SMILES string of the molecule is Cc1ccc2c(c1)c1cc(C)ccc1n2-c1ccc2c(c1)C(C)(C)c1cc(N(c3ccccc3)c3cccc4ccccc34)c3ccccc3c1-2. The average Bonchev–Trinajstić information content (AvgIpc) is 3.59. The van der Waals surface area contributed by atoms with Gasteiger partial charge in [-0.1, -0.05) is 122 Å². The third-order valence-corrected chi connectivity index (χ3v) is 11.2. The molecule has 2 nitrogen and oxygen atoms in total. The molecule has 10 rings (SSSR count). The van der Waals surface area contributed by atoms with Crippen molar-refractivity contribution in [1.29, 1.82) is 0 Å². The highest BCUT2D eigenvalue weighted by Crippen LogP contribution is 2.55. The van der Waals surface area contributed by atoms with E-state index in [0.29, 0.717) is 0 Å². The van der Waals surface area contributed by atoms with Crippen molar-refractivity contribution in [2.24, 2.45) is 0 Å². The van der Waals surface area contributed by atoms with Crippen LogP contribution in [0.25, 0.3) is 60.2 Å². The van der Waals surface area contributed by atoms with Gasteiger partial charge >= 0.3 is 0 Å². The third kappa shape index (κ3) is 4.36. The monoisotopic (exact) mass is 654 g/mol. The maximum atomic E-state index is 2.48. The van der Waals surface area contributed by atoms with E-state index in [2.05, 4.69) is 195 Å². The van der Waals surface area contributed by atoms with Gasteiger partial charge in [-0.05, 0) is 108 Å². The van der Waals surface area contributed by atoms with Gasteiger partial charge in [0.05, 0.1) is 22.4 Å². The number of aryl methyl sites for hydroxylation is 2. The first kappa shape index (κ1) is 29.8. The Kier molecular flexibility index (Phi) is 6.38. The molecule has 0 aliphatic heterocycles. The lowest BCUT2D eigenvalue weighted by Gasteiger charge is -2.30. The molecule has 51 heavy (non-hydrogen) atoms. The highest BCUT2D eigenvalue weighted by atomic mass is 15.1. The summed E-state index contributed by atoms with van der Waals surface area (Å²) in [4.78, 5) is 2.47. The highest BCUT2D eigenvalue weighted by Gasteiger charge is 2.38. The van der Waals surface area contributed by atoms with E-state index in [-0.39, 0.29) is 5.41 Å². The lowest BCUT2D eigenvalue weighted by Crippen LogP contribution is -2.17. The number of hydrogen-bond acceptors (Lipinski definition) is 1. The van der Waals surface area contributed by atoms with Crippen LogP contribution in [0.4, 0.5) is 17.1 Å². The van der Waals surface area contributed by atoms with E-state index in [4.69, 9.17) is 0 Å². The van der Waals surface area contributed by atoms with Crippen molar-refractivity contribution in [1.82, 2.24) is 4.57 Å². The molecular formula is C49H38N2. The Hall–Kier alpha value is -6.12. The molecule has 0 amide bonds. The van der Waals surface area contributed by atoms with Crippen molar-refractivity contribution >= 4 is 60.4 Å². The topological polar surface area (TPSA) is 8.17 Å². The van der Waals surface area contributed by atoms with Gasteiger partial charge in [0.2, 0.25) is 0 Å². The van der Waals surface area contributed by atoms with Crippen LogP contribution in [-0.2, 0) is 5.41 Å². The van der Waals surface area contributed by atoms with Gasteiger partial charge in [-0.2, -0.15) is 0 Å². The predicted octanol–water partition coefficient (Wildman–Crippen LogP) is 13.5. The van der Waals surface area contributed by atoms with Crippen molar-refractivity contribution in [3.8, 4) is 16.8 Å².